The van der Waals surface area contributed by atoms with E-state index < -0.39 is 0 Å². The molecule has 0 unspecified atom stereocenters. The molecule has 0 aromatic carbocycles. The van der Waals surface area contributed by atoms with Gasteiger partial charge in [0.1, 0.15) is 5.82 Å². The molecule has 2 N–H and O–H groups in total. The monoisotopic (exact) mass is 268 g/mol. The lowest BCUT2D eigenvalue weighted by Crippen LogP contribution is -2.09. The van der Waals surface area contributed by atoms with Crippen LogP contribution in [0.1, 0.15) is 31.7 Å². The third kappa shape index (κ3) is 5.58. The number of thioether (sulfide) groups is 1. The van der Waals surface area contributed by atoms with Gasteiger partial charge in [-0.2, -0.15) is 16.7 Å². The summed E-state index contributed by atoms with van der Waals surface area (Å²) in [4.78, 5) is 8.76. The second-order valence-electron chi connectivity index (χ2n) is 4.28. The minimum atomic E-state index is 0.717. The van der Waals surface area contributed by atoms with Crippen LogP contribution in [-0.4, -0.2) is 35.1 Å². The Balaban J connectivity index is 2.42. The molecule has 0 aliphatic heterocycles. The fraction of sp³-hybridized carbons (Fsp3) is 0.692. The summed E-state index contributed by atoms with van der Waals surface area (Å²) in [5.41, 5.74) is 1.10. The van der Waals surface area contributed by atoms with E-state index in [1.54, 1.807) is 0 Å². The van der Waals surface area contributed by atoms with E-state index in [1.165, 1.54) is 18.6 Å². The number of aromatic nitrogens is 2. The topological polar surface area (TPSA) is 49.8 Å². The van der Waals surface area contributed by atoms with Gasteiger partial charge in [0, 0.05) is 24.8 Å². The van der Waals surface area contributed by atoms with Crippen molar-refractivity contribution in [2.24, 2.45) is 0 Å². The van der Waals surface area contributed by atoms with Crippen molar-refractivity contribution >= 4 is 23.5 Å². The van der Waals surface area contributed by atoms with E-state index in [2.05, 4.69) is 33.8 Å². The number of nitrogens with one attached hydrogen (secondary N) is 2. The third-order valence-electron chi connectivity index (χ3n) is 2.57. The molecule has 0 saturated heterocycles. The Bertz CT molecular complexity index is 344. The second kappa shape index (κ2) is 9.03. The lowest BCUT2D eigenvalue weighted by atomic mass is 10.3. The summed E-state index contributed by atoms with van der Waals surface area (Å²) in [5, 5.41) is 6.60. The highest BCUT2D eigenvalue weighted by Crippen LogP contribution is 2.12. The molecule has 5 heteroatoms. The molecule has 1 aromatic heterocycles. The van der Waals surface area contributed by atoms with Crippen molar-refractivity contribution in [3.63, 3.8) is 0 Å². The van der Waals surface area contributed by atoms with Crippen molar-refractivity contribution in [2.75, 3.05) is 35.7 Å². The molecule has 0 fully saturated rings. The van der Waals surface area contributed by atoms with Gasteiger partial charge in [-0.15, -0.1) is 0 Å². The van der Waals surface area contributed by atoms with E-state index in [-0.39, 0.29) is 0 Å². The van der Waals surface area contributed by atoms with Gasteiger partial charge in [0.2, 0.25) is 5.95 Å². The first-order valence-corrected chi connectivity index (χ1v) is 7.97. The minimum absolute atomic E-state index is 0.717. The van der Waals surface area contributed by atoms with E-state index >= 15 is 0 Å². The summed E-state index contributed by atoms with van der Waals surface area (Å²) in [5.74, 6) is 2.90. The predicted octanol–water partition coefficient (Wildman–Crippen LogP) is 3.16. The van der Waals surface area contributed by atoms with Crippen LogP contribution in [-0.2, 0) is 0 Å². The molecule has 0 aliphatic carbocycles. The Morgan fingerprint density at radius 1 is 1.22 bits per heavy atom. The van der Waals surface area contributed by atoms with Crippen LogP contribution >= 0.6 is 11.8 Å². The largest absolute Gasteiger partial charge is 0.370 e. The number of anilines is 2. The zero-order valence-electron chi connectivity index (χ0n) is 11.6. The maximum atomic E-state index is 4.49. The van der Waals surface area contributed by atoms with Crippen LogP contribution < -0.4 is 10.6 Å². The number of rotatable bonds is 9. The van der Waals surface area contributed by atoms with Crippen molar-refractivity contribution in [1.29, 1.82) is 0 Å². The number of hydrogen-bond donors (Lipinski definition) is 2. The first-order valence-electron chi connectivity index (χ1n) is 6.58. The van der Waals surface area contributed by atoms with Crippen molar-refractivity contribution in [2.45, 2.75) is 33.1 Å². The molecule has 18 heavy (non-hydrogen) atoms. The van der Waals surface area contributed by atoms with E-state index in [0.29, 0.717) is 5.95 Å². The maximum Gasteiger partial charge on any atom is 0.224 e. The molecule has 0 amide bonds. The molecule has 0 atom stereocenters. The van der Waals surface area contributed by atoms with Crippen LogP contribution in [0.25, 0.3) is 0 Å². The molecule has 0 bridgehead atoms. The highest BCUT2D eigenvalue weighted by atomic mass is 32.2. The molecule has 102 valence electrons. The average molecular weight is 268 g/mol. The van der Waals surface area contributed by atoms with Crippen LogP contribution in [0.5, 0.6) is 0 Å². The van der Waals surface area contributed by atoms with Gasteiger partial charge in [0.25, 0.3) is 0 Å². The zero-order valence-corrected chi connectivity index (χ0v) is 12.4. The molecule has 0 spiro atoms. The summed E-state index contributed by atoms with van der Waals surface area (Å²) in [6.07, 6.45) is 7.53. The van der Waals surface area contributed by atoms with Crippen molar-refractivity contribution in [3.8, 4) is 0 Å². The summed E-state index contributed by atoms with van der Waals surface area (Å²) in [6.45, 7) is 6.06. The lowest BCUT2D eigenvalue weighted by Gasteiger charge is -2.10. The van der Waals surface area contributed by atoms with Crippen molar-refractivity contribution < 1.29 is 0 Å². The zero-order chi connectivity index (χ0) is 13.2. The van der Waals surface area contributed by atoms with E-state index in [9.17, 15) is 0 Å². The Hall–Kier alpha value is -0.970. The highest BCUT2D eigenvalue weighted by molar-refractivity contribution is 7.98. The van der Waals surface area contributed by atoms with Crippen LogP contribution in [0.3, 0.4) is 0 Å². The second-order valence-corrected chi connectivity index (χ2v) is 5.26. The molecule has 1 aromatic rings. The highest BCUT2D eigenvalue weighted by Gasteiger charge is 2.02. The van der Waals surface area contributed by atoms with Crippen molar-refractivity contribution in [1.82, 2.24) is 9.97 Å². The average Bonchev–Trinajstić information content (AvgIpc) is 2.39. The molecule has 0 aliphatic rings. The summed E-state index contributed by atoms with van der Waals surface area (Å²) in [6, 6.07) is 0. The van der Waals surface area contributed by atoms with Gasteiger partial charge in [-0.25, -0.2) is 4.98 Å². The van der Waals surface area contributed by atoms with Gasteiger partial charge in [-0.05, 0) is 38.2 Å². The van der Waals surface area contributed by atoms with Gasteiger partial charge >= 0.3 is 0 Å². The summed E-state index contributed by atoms with van der Waals surface area (Å²) < 4.78 is 0. The van der Waals surface area contributed by atoms with Gasteiger partial charge in [0.05, 0.1) is 0 Å². The number of nitrogens with zero attached hydrogens (tertiary/aromatic N) is 2. The molecular weight excluding hydrogens is 244 g/mol. The summed E-state index contributed by atoms with van der Waals surface area (Å²) in [7, 11) is 0. The SMILES string of the molecule is CCCNc1ncc(C)c(NCCCCSC)n1. The molecule has 1 rings (SSSR count). The van der Waals surface area contributed by atoms with E-state index in [0.717, 1.165) is 30.9 Å². The van der Waals surface area contributed by atoms with Gasteiger partial charge in [-0.3, -0.25) is 0 Å². The Morgan fingerprint density at radius 2 is 2.06 bits per heavy atom. The first kappa shape index (κ1) is 15.1. The van der Waals surface area contributed by atoms with Crippen molar-refractivity contribution in [3.05, 3.63) is 11.8 Å². The fourth-order valence-electron chi connectivity index (χ4n) is 1.52. The fourth-order valence-corrected chi connectivity index (χ4v) is 2.01. The van der Waals surface area contributed by atoms with Crippen LogP contribution in [0.2, 0.25) is 0 Å². The van der Waals surface area contributed by atoms with Crippen LogP contribution in [0.15, 0.2) is 6.20 Å². The molecule has 4 nitrogen and oxygen atoms in total. The van der Waals surface area contributed by atoms with Crippen LogP contribution in [0.4, 0.5) is 11.8 Å². The van der Waals surface area contributed by atoms with E-state index in [4.69, 9.17) is 0 Å². The maximum absolute atomic E-state index is 4.49. The van der Waals surface area contributed by atoms with Crippen LogP contribution in [0, 0.1) is 6.92 Å². The molecular formula is C13H24N4S. The number of hydrogen-bond acceptors (Lipinski definition) is 5. The summed E-state index contributed by atoms with van der Waals surface area (Å²) >= 11 is 1.90. The number of aryl methyl sites for hydroxylation is 1. The smallest absolute Gasteiger partial charge is 0.224 e. The van der Waals surface area contributed by atoms with Gasteiger partial charge in [-0.1, -0.05) is 6.92 Å². The first-order chi connectivity index (χ1) is 8.77. The Labute approximate surface area is 114 Å². The van der Waals surface area contributed by atoms with Gasteiger partial charge in [0.15, 0.2) is 0 Å². The quantitative estimate of drug-likeness (QED) is 0.674. The Morgan fingerprint density at radius 3 is 2.78 bits per heavy atom. The Kier molecular flexibility index (Phi) is 7.57. The predicted molar refractivity (Wildman–Crippen MR) is 81.7 cm³/mol. The molecule has 0 radical (unpaired) electrons. The molecule has 0 saturated carbocycles. The number of unbranched alkanes of at least 4 members (excludes halogenated alkanes) is 1. The van der Waals surface area contributed by atoms with Gasteiger partial charge < -0.3 is 10.6 Å². The third-order valence-corrected chi connectivity index (χ3v) is 3.27. The lowest BCUT2D eigenvalue weighted by molar-refractivity contribution is 0.837. The normalized spacial score (nSPS) is 10.4. The standard InChI is InChI=1S/C13H24N4S/c1-4-7-15-13-16-10-11(2)12(17-13)14-8-5-6-9-18-3/h10H,4-9H2,1-3H3,(H2,14,15,16,17). The van der Waals surface area contributed by atoms with E-state index in [1.807, 2.05) is 24.9 Å². The minimum Gasteiger partial charge on any atom is -0.370 e. The molecule has 1 heterocycles.